The number of halogens is 1. The molecule has 1 atom stereocenters. The van der Waals surface area contributed by atoms with Crippen molar-refractivity contribution in [1.82, 2.24) is 9.78 Å². The van der Waals surface area contributed by atoms with Gasteiger partial charge in [0.25, 0.3) is 0 Å². The first kappa shape index (κ1) is 12.0. The molecule has 0 saturated carbocycles. The zero-order chi connectivity index (χ0) is 12.6. The molecule has 8 heteroatoms. The maximum atomic E-state index is 10.9. The maximum Gasteiger partial charge on any atom is 0.306 e. The molecule has 1 N–H and O–H groups in total. The van der Waals surface area contributed by atoms with Gasteiger partial charge in [-0.05, 0) is 6.92 Å². The number of aliphatic hydroxyl groups is 1. The molecule has 0 saturated heterocycles. The summed E-state index contributed by atoms with van der Waals surface area (Å²) in [6, 6.07) is 1.35. The third-order valence-corrected chi connectivity index (χ3v) is 3.56. The Hall–Kier alpha value is -1.44. The van der Waals surface area contributed by atoms with Crippen LogP contribution in [0.15, 0.2) is 18.5 Å². The highest BCUT2D eigenvalue weighted by atomic mass is 35.5. The summed E-state index contributed by atoms with van der Waals surface area (Å²) in [6.07, 6.45) is 2.12. The lowest BCUT2D eigenvalue weighted by Crippen LogP contribution is -1.95. The lowest BCUT2D eigenvalue weighted by Gasteiger charge is -1.97. The van der Waals surface area contributed by atoms with Gasteiger partial charge in [-0.2, -0.15) is 5.10 Å². The molecule has 2 aromatic heterocycles. The average Bonchev–Trinajstić information content (AvgIpc) is 2.82. The van der Waals surface area contributed by atoms with Gasteiger partial charge in [0.05, 0.1) is 28.4 Å². The first-order chi connectivity index (χ1) is 7.99. The maximum absolute atomic E-state index is 10.9. The SMILES string of the molecule is C[C@@H](O)c1cc([N+](=O)[O-])c(-n2cc(Cl)cn2)s1. The van der Waals surface area contributed by atoms with Gasteiger partial charge in [-0.25, -0.2) is 4.68 Å². The van der Waals surface area contributed by atoms with Crippen molar-refractivity contribution in [3.05, 3.63) is 38.5 Å². The van der Waals surface area contributed by atoms with Crippen LogP contribution in [-0.4, -0.2) is 19.8 Å². The van der Waals surface area contributed by atoms with Crippen molar-refractivity contribution in [2.45, 2.75) is 13.0 Å². The van der Waals surface area contributed by atoms with Gasteiger partial charge in [0, 0.05) is 10.9 Å². The second kappa shape index (κ2) is 4.44. The molecule has 2 heterocycles. The zero-order valence-electron chi connectivity index (χ0n) is 8.70. The van der Waals surface area contributed by atoms with Crippen LogP contribution < -0.4 is 0 Å². The zero-order valence-corrected chi connectivity index (χ0v) is 10.3. The van der Waals surface area contributed by atoms with Gasteiger partial charge >= 0.3 is 5.69 Å². The second-order valence-corrected chi connectivity index (χ2v) is 4.87. The summed E-state index contributed by atoms with van der Waals surface area (Å²) < 4.78 is 1.33. The highest BCUT2D eigenvalue weighted by Crippen LogP contribution is 2.35. The van der Waals surface area contributed by atoms with Crippen LogP contribution in [0, 0.1) is 10.1 Å². The van der Waals surface area contributed by atoms with Crippen LogP contribution in [0.3, 0.4) is 0 Å². The van der Waals surface area contributed by atoms with E-state index in [2.05, 4.69) is 5.10 Å². The molecule has 0 spiro atoms. The number of hydrogen-bond acceptors (Lipinski definition) is 5. The van der Waals surface area contributed by atoms with Crippen LogP contribution in [0.4, 0.5) is 5.69 Å². The number of nitrogens with zero attached hydrogens (tertiary/aromatic N) is 3. The summed E-state index contributed by atoms with van der Waals surface area (Å²) in [6.45, 7) is 1.55. The summed E-state index contributed by atoms with van der Waals surface area (Å²) in [5.74, 6) is 0. The Morgan fingerprint density at radius 2 is 2.41 bits per heavy atom. The number of thiophene rings is 1. The molecule has 0 fully saturated rings. The molecule has 0 unspecified atom stereocenters. The van der Waals surface area contributed by atoms with Gasteiger partial charge in [-0.15, -0.1) is 11.3 Å². The molecule has 0 aliphatic heterocycles. The summed E-state index contributed by atoms with van der Waals surface area (Å²) in [7, 11) is 0. The van der Waals surface area contributed by atoms with Crippen molar-refractivity contribution < 1.29 is 10.0 Å². The molecule has 0 amide bonds. The lowest BCUT2D eigenvalue weighted by atomic mass is 10.3. The monoisotopic (exact) mass is 273 g/mol. The normalized spacial score (nSPS) is 12.6. The second-order valence-electron chi connectivity index (χ2n) is 3.38. The predicted molar refractivity (Wildman–Crippen MR) is 63.7 cm³/mol. The van der Waals surface area contributed by atoms with Crippen molar-refractivity contribution in [3.8, 4) is 5.00 Å². The first-order valence-electron chi connectivity index (χ1n) is 4.65. The molecule has 6 nitrogen and oxygen atoms in total. The number of nitro groups is 1. The van der Waals surface area contributed by atoms with Crippen LogP contribution in [0.25, 0.3) is 5.00 Å². The van der Waals surface area contributed by atoms with Gasteiger partial charge in [0.1, 0.15) is 0 Å². The minimum Gasteiger partial charge on any atom is -0.388 e. The quantitative estimate of drug-likeness (QED) is 0.688. The Bertz CT molecular complexity index is 564. The van der Waals surface area contributed by atoms with Gasteiger partial charge in [0.2, 0.25) is 0 Å². The van der Waals surface area contributed by atoms with E-state index < -0.39 is 11.0 Å². The third kappa shape index (κ3) is 2.31. The highest BCUT2D eigenvalue weighted by molar-refractivity contribution is 7.15. The van der Waals surface area contributed by atoms with Crippen molar-refractivity contribution in [2.24, 2.45) is 0 Å². The fourth-order valence-corrected chi connectivity index (χ4v) is 2.43. The molecular formula is C9H8ClN3O3S. The van der Waals surface area contributed by atoms with Crippen LogP contribution in [-0.2, 0) is 0 Å². The van der Waals surface area contributed by atoms with E-state index in [-0.39, 0.29) is 5.69 Å². The Morgan fingerprint density at radius 3 is 2.88 bits per heavy atom. The van der Waals surface area contributed by atoms with E-state index in [1.165, 1.54) is 23.1 Å². The topological polar surface area (TPSA) is 81.2 Å². The lowest BCUT2D eigenvalue weighted by molar-refractivity contribution is -0.384. The summed E-state index contributed by atoms with van der Waals surface area (Å²) in [5, 5.41) is 25.0. The minimum absolute atomic E-state index is 0.0920. The predicted octanol–water partition coefficient (Wildman–Crippen LogP) is 2.55. The molecule has 90 valence electrons. The third-order valence-electron chi connectivity index (χ3n) is 2.08. The number of hydrogen-bond donors (Lipinski definition) is 1. The molecular weight excluding hydrogens is 266 g/mol. The number of rotatable bonds is 3. The standard InChI is InChI=1S/C9H8ClN3O3S/c1-5(14)8-2-7(13(15)16)9(17-8)12-4-6(10)3-11-12/h2-5,14H,1H3/t5-/m1/s1. The van der Waals surface area contributed by atoms with E-state index in [1.807, 2.05) is 0 Å². The Labute approximate surface area is 105 Å². The number of aromatic nitrogens is 2. The van der Waals surface area contributed by atoms with Crippen LogP contribution in [0.5, 0.6) is 0 Å². The van der Waals surface area contributed by atoms with Gasteiger partial charge in [-0.1, -0.05) is 11.6 Å². The van der Waals surface area contributed by atoms with Gasteiger partial charge < -0.3 is 5.11 Å². The van der Waals surface area contributed by atoms with Crippen molar-refractivity contribution >= 4 is 28.6 Å². The van der Waals surface area contributed by atoms with Crippen LogP contribution in [0.2, 0.25) is 5.02 Å². The van der Waals surface area contributed by atoms with E-state index in [9.17, 15) is 15.2 Å². The molecule has 0 aliphatic carbocycles. The summed E-state index contributed by atoms with van der Waals surface area (Å²) >= 11 is 6.83. The van der Waals surface area contributed by atoms with Crippen LogP contribution in [0.1, 0.15) is 17.9 Å². The fraction of sp³-hybridized carbons (Fsp3) is 0.222. The van der Waals surface area contributed by atoms with Gasteiger partial charge in [-0.3, -0.25) is 10.1 Å². The Kier molecular flexibility index (Phi) is 3.14. The molecule has 0 bridgehead atoms. The van der Waals surface area contributed by atoms with Crippen LogP contribution >= 0.6 is 22.9 Å². The Morgan fingerprint density at radius 1 is 1.71 bits per heavy atom. The molecule has 0 aromatic carbocycles. The average molecular weight is 274 g/mol. The van der Waals surface area contributed by atoms with E-state index >= 15 is 0 Å². The first-order valence-corrected chi connectivity index (χ1v) is 5.85. The largest absolute Gasteiger partial charge is 0.388 e. The van der Waals surface area contributed by atoms with E-state index in [1.54, 1.807) is 6.92 Å². The van der Waals surface area contributed by atoms with E-state index in [0.717, 1.165) is 11.3 Å². The molecule has 2 rings (SSSR count). The van der Waals surface area contributed by atoms with Gasteiger partial charge in [0.15, 0.2) is 5.00 Å². The fourth-order valence-electron chi connectivity index (χ4n) is 1.30. The summed E-state index contributed by atoms with van der Waals surface area (Å²) in [5.41, 5.74) is -0.0920. The van der Waals surface area contributed by atoms with E-state index in [0.29, 0.717) is 14.9 Å². The molecule has 2 aromatic rings. The number of aliphatic hydroxyl groups excluding tert-OH is 1. The molecule has 17 heavy (non-hydrogen) atoms. The summed E-state index contributed by atoms with van der Waals surface area (Å²) in [4.78, 5) is 10.9. The van der Waals surface area contributed by atoms with Crippen molar-refractivity contribution in [3.63, 3.8) is 0 Å². The van der Waals surface area contributed by atoms with E-state index in [4.69, 9.17) is 11.6 Å². The van der Waals surface area contributed by atoms with Crippen molar-refractivity contribution in [2.75, 3.05) is 0 Å². The molecule has 0 aliphatic rings. The highest BCUT2D eigenvalue weighted by Gasteiger charge is 2.22. The smallest absolute Gasteiger partial charge is 0.306 e. The molecule has 0 radical (unpaired) electrons. The van der Waals surface area contributed by atoms with Crippen molar-refractivity contribution in [1.29, 1.82) is 0 Å². The Balaban J connectivity index is 2.55. The minimum atomic E-state index is -0.751.